The van der Waals surface area contributed by atoms with Crippen LogP contribution in [0.5, 0.6) is 0 Å². The van der Waals surface area contributed by atoms with Gasteiger partial charge in [-0.25, -0.2) is 0 Å². The van der Waals surface area contributed by atoms with E-state index in [4.69, 9.17) is 23.2 Å². The Hall–Kier alpha value is -0.500. The maximum Gasteiger partial charge on any atom is 0.0868 e. The Bertz CT molecular complexity index is 414. The van der Waals surface area contributed by atoms with E-state index in [1.54, 1.807) is 12.1 Å². The summed E-state index contributed by atoms with van der Waals surface area (Å²) in [5, 5.41) is 11.6. The molecule has 0 bridgehead atoms. The molecule has 1 aliphatic rings. The summed E-state index contributed by atoms with van der Waals surface area (Å²) < 4.78 is 0. The Morgan fingerprint density at radius 1 is 1.31 bits per heavy atom. The van der Waals surface area contributed by atoms with Crippen LogP contribution in [0.4, 0.5) is 0 Å². The van der Waals surface area contributed by atoms with Crippen molar-refractivity contribution in [2.75, 3.05) is 0 Å². The summed E-state index contributed by atoms with van der Waals surface area (Å²) in [5.74, 6) is 0. The van der Waals surface area contributed by atoms with Gasteiger partial charge in [0.1, 0.15) is 0 Å². The Labute approximate surface area is 106 Å². The van der Waals surface area contributed by atoms with Crippen LogP contribution in [0.3, 0.4) is 0 Å². The second-order valence-corrected chi connectivity index (χ2v) is 5.15. The number of halogens is 2. The minimum absolute atomic E-state index is 0.555. The fourth-order valence-corrected chi connectivity index (χ4v) is 2.53. The molecule has 3 heteroatoms. The summed E-state index contributed by atoms with van der Waals surface area (Å²) in [4.78, 5) is 0. The van der Waals surface area contributed by atoms with Crippen molar-refractivity contribution in [3.63, 3.8) is 0 Å². The van der Waals surface area contributed by atoms with Gasteiger partial charge in [-0.1, -0.05) is 41.4 Å². The van der Waals surface area contributed by atoms with Gasteiger partial charge in [0.05, 0.1) is 5.60 Å². The Kier molecular flexibility index (Phi) is 3.58. The topological polar surface area (TPSA) is 20.2 Å². The van der Waals surface area contributed by atoms with Crippen molar-refractivity contribution in [2.45, 2.75) is 31.3 Å². The standard InChI is InChI=1S/C13H14Cl2O/c14-11-5-4-10(12(15)8-11)9-13(16)6-2-1-3-7-13/h2,4-6,8,16H,1,3,7,9H2. The molecule has 1 aliphatic carbocycles. The van der Waals surface area contributed by atoms with Gasteiger partial charge in [0.15, 0.2) is 0 Å². The maximum absolute atomic E-state index is 10.3. The number of benzene rings is 1. The molecule has 0 spiro atoms. The van der Waals surface area contributed by atoms with Crippen LogP contribution in [0.2, 0.25) is 10.0 Å². The van der Waals surface area contributed by atoms with Crippen LogP contribution < -0.4 is 0 Å². The van der Waals surface area contributed by atoms with Crippen LogP contribution >= 0.6 is 23.2 Å². The molecule has 0 aliphatic heterocycles. The highest BCUT2D eigenvalue weighted by Crippen LogP contribution is 2.30. The average molecular weight is 257 g/mol. The minimum atomic E-state index is -0.740. The highest BCUT2D eigenvalue weighted by Gasteiger charge is 2.26. The van der Waals surface area contributed by atoms with Gasteiger partial charge in [-0.2, -0.15) is 0 Å². The van der Waals surface area contributed by atoms with Crippen molar-refractivity contribution in [2.24, 2.45) is 0 Å². The normalized spacial score (nSPS) is 24.7. The van der Waals surface area contributed by atoms with Gasteiger partial charge in [0.2, 0.25) is 0 Å². The molecule has 0 aromatic heterocycles. The first-order valence-corrected chi connectivity index (χ1v) is 6.19. The molecule has 0 saturated heterocycles. The highest BCUT2D eigenvalue weighted by molar-refractivity contribution is 6.35. The summed E-state index contributed by atoms with van der Waals surface area (Å²) in [6, 6.07) is 5.40. The Balaban J connectivity index is 2.20. The molecule has 0 amide bonds. The third-order valence-corrected chi connectivity index (χ3v) is 3.51. The van der Waals surface area contributed by atoms with Crippen LogP contribution in [-0.2, 0) is 6.42 Å². The van der Waals surface area contributed by atoms with Crippen molar-refractivity contribution < 1.29 is 5.11 Å². The highest BCUT2D eigenvalue weighted by atomic mass is 35.5. The predicted molar refractivity (Wildman–Crippen MR) is 68.1 cm³/mol. The van der Waals surface area contributed by atoms with Crippen molar-refractivity contribution >= 4 is 23.2 Å². The third-order valence-electron chi connectivity index (χ3n) is 2.92. The molecule has 1 unspecified atom stereocenters. The lowest BCUT2D eigenvalue weighted by atomic mass is 9.85. The molecule has 1 nitrogen and oxygen atoms in total. The van der Waals surface area contributed by atoms with Crippen LogP contribution in [0.1, 0.15) is 24.8 Å². The second-order valence-electron chi connectivity index (χ2n) is 4.31. The SMILES string of the molecule is OC1(Cc2ccc(Cl)cc2Cl)C=CCCC1. The van der Waals surface area contributed by atoms with Crippen molar-refractivity contribution in [3.05, 3.63) is 46.0 Å². The number of allylic oxidation sites excluding steroid dienone is 1. The summed E-state index contributed by atoms with van der Waals surface area (Å²) in [7, 11) is 0. The fourth-order valence-electron chi connectivity index (χ4n) is 2.05. The van der Waals surface area contributed by atoms with E-state index in [-0.39, 0.29) is 0 Å². The second kappa shape index (κ2) is 4.79. The van der Waals surface area contributed by atoms with E-state index in [1.165, 1.54) is 0 Å². The lowest BCUT2D eigenvalue weighted by Gasteiger charge is -2.27. The van der Waals surface area contributed by atoms with E-state index in [0.29, 0.717) is 16.5 Å². The summed E-state index contributed by atoms with van der Waals surface area (Å²) in [5.41, 5.74) is 0.204. The lowest BCUT2D eigenvalue weighted by molar-refractivity contribution is 0.0751. The van der Waals surface area contributed by atoms with E-state index in [2.05, 4.69) is 0 Å². The van der Waals surface area contributed by atoms with Crippen molar-refractivity contribution in [1.82, 2.24) is 0 Å². The molecule has 0 radical (unpaired) electrons. The van der Waals surface area contributed by atoms with Gasteiger partial charge in [0.25, 0.3) is 0 Å². The van der Waals surface area contributed by atoms with E-state index in [0.717, 1.165) is 24.8 Å². The van der Waals surface area contributed by atoms with Crippen molar-refractivity contribution in [1.29, 1.82) is 0 Å². The molecule has 1 aromatic carbocycles. The molecule has 86 valence electrons. The zero-order chi connectivity index (χ0) is 11.6. The predicted octanol–water partition coefficient (Wildman–Crippen LogP) is 4.01. The first-order valence-electron chi connectivity index (χ1n) is 5.43. The Morgan fingerprint density at radius 2 is 2.12 bits per heavy atom. The van der Waals surface area contributed by atoms with Gasteiger partial charge in [0, 0.05) is 16.5 Å². The molecule has 16 heavy (non-hydrogen) atoms. The van der Waals surface area contributed by atoms with Gasteiger partial charge in [-0.05, 0) is 37.0 Å². The summed E-state index contributed by atoms with van der Waals surface area (Å²) >= 11 is 11.9. The molecular formula is C13H14Cl2O. The van der Waals surface area contributed by atoms with Gasteiger partial charge < -0.3 is 5.11 Å². The van der Waals surface area contributed by atoms with Crippen LogP contribution in [-0.4, -0.2) is 10.7 Å². The zero-order valence-electron chi connectivity index (χ0n) is 8.92. The fraction of sp³-hybridized carbons (Fsp3) is 0.385. The summed E-state index contributed by atoms with van der Waals surface area (Å²) in [6.07, 6.45) is 7.35. The smallest absolute Gasteiger partial charge is 0.0868 e. The minimum Gasteiger partial charge on any atom is -0.385 e. The largest absolute Gasteiger partial charge is 0.385 e. The zero-order valence-corrected chi connectivity index (χ0v) is 10.4. The van der Waals surface area contributed by atoms with Crippen LogP contribution in [0.15, 0.2) is 30.4 Å². The molecule has 1 N–H and O–H groups in total. The van der Waals surface area contributed by atoms with Gasteiger partial charge in [-0.15, -0.1) is 0 Å². The van der Waals surface area contributed by atoms with Crippen LogP contribution in [0, 0.1) is 0 Å². The molecule has 0 saturated carbocycles. The number of hydrogen-bond acceptors (Lipinski definition) is 1. The Morgan fingerprint density at radius 3 is 2.75 bits per heavy atom. The molecule has 2 rings (SSSR count). The van der Waals surface area contributed by atoms with Crippen LogP contribution in [0.25, 0.3) is 0 Å². The number of hydrogen-bond donors (Lipinski definition) is 1. The quantitative estimate of drug-likeness (QED) is 0.794. The summed E-state index contributed by atoms with van der Waals surface area (Å²) in [6.45, 7) is 0. The number of aliphatic hydroxyl groups is 1. The van der Waals surface area contributed by atoms with E-state index in [1.807, 2.05) is 18.2 Å². The van der Waals surface area contributed by atoms with E-state index < -0.39 is 5.60 Å². The average Bonchev–Trinajstić information content (AvgIpc) is 2.23. The number of rotatable bonds is 2. The monoisotopic (exact) mass is 256 g/mol. The van der Waals surface area contributed by atoms with E-state index in [9.17, 15) is 5.11 Å². The van der Waals surface area contributed by atoms with Gasteiger partial charge in [-0.3, -0.25) is 0 Å². The molecule has 0 heterocycles. The van der Waals surface area contributed by atoms with E-state index >= 15 is 0 Å². The molecule has 0 fully saturated rings. The molecule has 1 atom stereocenters. The first-order chi connectivity index (χ1) is 7.59. The maximum atomic E-state index is 10.3. The third kappa shape index (κ3) is 2.79. The molecule has 1 aromatic rings. The lowest BCUT2D eigenvalue weighted by Crippen LogP contribution is -2.30. The molecular weight excluding hydrogens is 243 g/mol. The van der Waals surface area contributed by atoms with Crippen molar-refractivity contribution in [3.8, 4) is 0 Å². The van der Waals surface area contributed by atoms with Gasteiger partial charge >= 0.3 is 0 Å². The first kappa shape index (κ1) is 12.0.